The van der Waals surface area contributed by atoms with E-state index < -0.39 is 6.16 Å². The Kier molecular flexibility index (Phi) is 6.07. The van der Waals surface area contributed by atoms with Gasteiger partial charge in [0.15, 0.2) is 0 Å². The molecule has 0 amide bonds. The Bertz CT molecular complexity index is 709. The van der Waals surface area contributed by atoms with Gasteiger partial charge in [-0.3, -0.25) is 0 Å². The molecule has 5 nitrogen and oxygen atoms in total. The van der Waals surface area contributed by atoms with Crippen LogP contribution in [-0.4, -0.2) is 20.4 Å². The Morgan fingerprint density at radius 3 is 2.46 bits per heavy atom. The maximum absolute atomic E-state index is 11.4. The fraction of sp³-hybridized carbons (Fsp3) is 0.316. The molecule has 24 heavy (non-hydrogen) atoms. The third-order valence-electron chi connectivity index (χ3n) is 3.75. The standard InChI is InChI=1S/C19H22O5/c1-5-14-9-10-15(11-13(14)2)23-12-16-17(21-3)7-6-8-18(16)24-19(20)22-4/h6-11H,5,12H2,1-4H3. The average Bonchev–Trinajstić information content (AvgIpc) is 2.60. The Morgan fingerprint density at radius 2 is 1.83 bits per heavy atom. The van der Waals surface area contributed by atoms with E-state index in [1.165, 1.54) is 18.2 Å². The SMILES string of the molecule is CCc1ccc(OCc2c(OC)cccc2OC(=O)OC)cc1C. The molecule has 0 unspecified atom stereocenters. The first kappa shape index (κ1) is 17.7. The molecule has 5 heteroatoms. The van der Waals surface area contributed by atoms with E-state index in [1.54, 1.807) is 25.3 Å². The van der Waals surface area contributed by atoms with E-state index in [1.807, 2.05) is 12.1 Å². The Labute approximate surface area is 142 Å². The average molecular weight is 330 g/mol. The van der Waals surface area contributed by atoms with Gasteiger partial charge in [-0.15, -0.1) is 0 Å². The van der Waals surface area contributed by atoms with E-state index in [0.29, 0.717) is 17.1 Å². The van der Waals surface area contributed by atoms with Gasteiger partial charge in [-0.05, 0) is 48.7 Å². The molecule has 0 N–H and O–H groups in total. The van der Waals surface area contributed by atoms with E-state index >= 15 is 0 Å². The molecule has 0 heterocycles. The molecule has 0 aliphatic heterocycles. The molecule has 0 saturated carbocycles. The van der Waals surface area contributed by atoms with Crippen LogP contribution in [0.5, 0.6) is 17.2 Å². The molecular formula is C19H22O5. The lowest BCUT2D eigenvalue weighted by atomic mass is 10.1. The van der Waals surface area contributed by atoms with Crippen LogP contribution in [0.1, 0.15) is 23.6 Å². The molecule has 2 rings (SSSR count). The summed E-state index contributed by atoms with van der Waals surface area (Å²) in [6, 6.07) is 11.2. The monoisotopic (exact) mass is 330 g/mol. The molecule has 0 aliphatic rings. The van der Waals surface area contributed by atoms with Crippen molar-refractivity contribution in [2.75, 3.05) is 14.2 Å². The highest BCUT2D eigenvalue weighted by atomic mass is 16.7. The highest BCUT2D eigenvalue weighted by Crippen LogP contribution is 2.30. The van der Waals surface area contributed by atoms with Gasteiger partial charge in [-0.2, -0.15) is 0 Å². The van der Waals surface area contributed by atoms with Gasteiger partial charge in [0.2, 0.25) is 0 Å². The second-order valence-corrected chi connectivity index (χ2v) is 5.22. The number of methoxy groups -OCH3 is 2. The van der Waals surface area contributed by atoms with E-state index in [0.717, 1.165) is 12.2 Å². The van der Waals surface area contributed by atoms with Gasteiger partial charge in [0.05, 0.1) is 19.8 Å². The summed E-state index contributed by atoms with van der Waals surface area (Å²) in [7, 11) is 2.82. The summed E-state index contributed by atoms with van der Waals surface area (Å²) in [6.45, 7) is 4.38. The van der Waals surface area contributed by atoms with Crippen molar-refractivity contribution in [3.8, 4) is 17.2 Å². The normalized spacial score (nSPS) is 10.2. The van der Waals surface area contributed by atoms with Crippen molar-refractivity contribution >= 4 is 6.16 Å². The maximum Gasteiger partial charge on any atom is 0.513 e. The summed E-state index contributed by atoms with van der Waals surface area (Å²) >= 11 is 0. The lowest BCUT2D eigenvalue weighted by molar-refractivity contribution is 0.120. The molecular weight excluding hydrogens is 308 g/mol. The highest BCUT2D eigenvalue weighted by molar-refractivity contribution is 5.65. The lowest BCUT2D eigenvalue weighted by Crippen LogP contribution is -2.10. The van der Waals surface area contributed by atoms with Crippen molar-refractivity contribution in [1.82, 2.24) is 0 Å². The van der Waals surface area contributed by atoms with Gasteiger partial charge in [0.25, 0.3) is 0 Å². The molecule has 0 aromatic heterocycles. The zero-order valence-corrected chi connectivity index (χ0v) is 14.4. The molecule has 2 aromatic carbocycles. The van der Waals surface area contributed by atoms with Gasteiger partial charge < -0.3 is 18.9 Å². The van der Waals surface area contributed by atoms with Crippen LogP contribution in [0.15, 0.2) is 36.4 Å². The van der Waals surface area contributed by atoms with Crippen molar-refractivity contribution in [3.63, 3.8) is 0 Å². The van der Waals surface area contributed by atoms with Crippen LogP contribution in [0.25, 0.3) is 0 Å². The number of benzene rings is 2. The fourth-order valence-electron chi connectivity index (χ4n) is 2.42. The molecule has 0 saturated heterocycles. The summed E-state index contributed by atoms with van der Waals surface area (Å²) in [5, 5.41) is 0. The molecule has 0 fully saturated rings. The molecule has 2 aromatic rings. The highest BCUT2D eigenvalue weighted by Gasteiger charge is 2.15. The zero-order chi connectivity index (χ0) is 17.5. The van der Waals surface area contributed by atoms with Gasteiger partial charge in [0.1, 0.15) is 23.9 Å². The summed E-state index contributed by atoms with van der Waals surface area (Å²) < 4.78 is 20.9. The topological polar surface area (TPSA) is 54.0 Å². The number of carbonyl (C=O) groups excluding carboxylic acids is 1. The van der Waals surface area contributed by atoms with E-state index in [4.69, 9.17) is 14.2 Å². The molecule has 0 atom stereocenters. The van der Waals surface area contributed by atoms with Crippen LogP contribution >= 0.6 is 0 Å². The number of hydrogen-bond acceptors (Lipinski definition) is 5. The van der Waals surface area contributed by atoms with Crippen LogP contribution in [0.3, 0.4) is 0 Å². The van der Waals surface area contributed by atoms with E-state index in [9.17, 15) is 4.79 Å². The van der Waals surface area contributed by atoms with Crippen molar-refractivity contribution in [2.24, 2.45) is 0 Å². The summed E-state index contributed by atoms with van der Waals surface area (Å²) in [5.74, 6) is 1.68. The third-order valence-corrected chi connectivity index (χ3v) is 3.75. The molecule has 0 radical (unpaired) electrons. The van der Waals surface area contributed by atoms with Crippen molar-refractivity contribution in [2.45, 2.75) is 26.9 Å². The second kappa shape index (κ2) is 8.24. The first-order valence-electron chi connectivity index (χ1n) is 7.73. The smallest absolute Gasteiger partial charge is 0.496 e. The van der Waals surface area contributed by atoms with Crippen molar-refractivity contribution < 1.29 is 23.7 Å². The van der Waals surface area contributed by atoms with Gasteiger partial charge in [-0.1, -0.05) is 19.1 Å². The molecule has 0 spiro atoms. The summed E-state index contributed by atoms with van der Waals surface area (Å²) in [5.41, 5.74) is 3.11. The number of hydrogen-bond donors (Lipinski definition) is 0. The minimum absolute atomic E-state index is 0.210. The Hall–Kier alpha value is -2.69. The van der Waals surface area contributed by atoms with E-state index in [-0.39, 0.29) is 6.61 Å². The maximum atomic E-state index is 11.4. The van der Waals surface area contributed by atoms with E-state index in [2.05, 4.69) is 24.7 Å². The Balaban J connectivity index is 2.21. The van der Waals surface area contributed by atoms with Gasteiger partial charge >= 0.3 is 6.16 Å². The van der Waals surface area contributed by atoms with Crippen LogP contribution in [0.4, 0.5) is 4.79 Å². The largest absolute Gasteiger partial charge is 0.513 e. The summed E-state index contributed by atoms with van der Waals surface area (Å²) in [6.07, 6.45) is 0.197. The predicted octanol–water partition coefficient (Wildman–Crippen LogP) is 4.29. The molecule has 0 bridgehead atoms. The van der Waals surface area contributed by atoms with Crippen molar-refractivity contribution in [3.05, 3.63) is 53.1 Å². The second-order valence-electron chi connectivity index (χ2n) is 5.22. The Morgan fingerprint density at radius 1 is 1.08 bits per heavy atom. The number of rotatable bonds is 6. The van der Waals surface area contributed by atoms with Crippen LogP contribution in [0, 0.1) is 6.92 Å². The number of ether oxygens (including phenoxy) is 4. The zero-order valence-electron chi connectivity index (χ0n) is 14.4. The van der Waals surface area contributed by atoms with Crippen LogP contribution < -0.4 is 14.2 Å². The van der Waals surface area contributed by atoms with Gasteiger partial charge in [0, 0.05) is 0 Å². The number of aryl methyl sites for hydroxylation is 2. The fourth-order valence-corrected chi connectivity index (χ4v) is 2.42. The summed E-state index contributed by atoms with van der Waals surface area (Å²) in [4.78, 5) is 11.4. The molecule has 128 valence electrons. The van der Waals surface area contributed by atoms with Crippen LogP contribution in [-0.2, 0) is 17.8 Å². The van der Waals surface area contributed by atoms with Gasteiger partial charge in [-0.25, -0.2) is 4.79 Å². The first-order valence-corrected chi connectivity index (χ1v) is 7.73. The minimum Gasteiger partial charge on any atom is -0.496 e. The third kappa shape index (κ3) is 4.19. The van der Waals surface area contributed by atoms with Crippen molar-refractivity contribution in [1.29, 1.82) is 0 Å². The number of carbonyl (C=O) groups is 1. The first-order chi connectivity index (χ1) is 11.6. The lowest BCUT2D eigenvalue weighted by Gasteiger charge is -2.15. The molecule has 0 aliphatic carbocycles. The predicted molar refractivity (Wildman–Crippen MR) is 90.9 cm³/mol. The quantitative estimate of drug-likeness (QED) is 0.584. The minimum atomic E-state index is -0.785. The van der Waals surface area contributed by atoms with Crippen LogP contribution in [0.2, 0.25) is 0 Å².